The van der Waals surface area contributed by atoms with E-state index < -0.39 is 0 Å². The average molecular weight is 255 g/mol. The zero-order valence-corrected chi connectivity index (χ0v) is 10.1. The van der Waals surface area contributed by atoms with Crippen LogP contribution in [0.25, 0.3) is 0 Å². The molecule has 0 atom stereocenters. The van der Waals surface area contributed by atoms with Gasteiger partial charge in [-0.1, -0.05) is 25.1 Å². The summed E-state index contributed by atoms with van der Waals surface area (Å²) in [7, 11) is 0. The van der Waals surface area contributed by atoms with Crippen LogP contribution in [-0.4, -0.2) is 5.97 Å². The van der Waals surface area contributed by atoms with Gasteiger partial charge in [-0.3, -0.25) is 4.79 Å². The zero-order chi connectivity index (χ0) is 8.81. The van der Waals surface area contributed by atoms with E-state index in [1.54, 1.807) is 12.1 Å². The van der Waals surface area contributed by atoms with Crippen molar-refractivity contribution in [2.45, 2.75) is 19.8 Å². The molecule has 0 amide bonds. The zero-order valence-electron chi connectivity index (χ0n) is 7.62. The molecular weight excluding hydrogens is 243 g/mol. The van der Waals surface area contributed by atoms with Gasteiger partial charge in [0.05, 0.1) is 0 Å². The van der Waals surface area contributed by atoms with Crippen LogP contribution in [0.15, 0.2) is 30.3 Å². The summed E-state index contributed by atoms with van der Waals surface area (Å²) in [4.78, 5) is 11.0. The summed E-state index contributed by atoms with van der Waals surface area (Å²) >= 11 is 0. The van der Waals surface area contributed by atoms with Crippen LogP contribution in [0.5, 0.6) is 5.75 Å². The minimum atomic E-state index is -0.163. The van der Waals surface area contributed by atoms with Crippen molar-refractivity contribution < 1.29 is 35.7 Å². The number of hydrogen-bond acceptors (Lipinski definition) is 2. The summed E-state index contributed by atoms with van der Waals surface area (Å²) < 4.78 is 5.02. The molecule has 0 fully saturated rings. The fraction of sp³-hybridized carbons (Fsp3) is 0.300. The second-order valence-electron chi connectivity index (χ2n) is 2.54. The Kier molecular flexibility index (Phi) is 6.79. The first-order chi connectivity index (χ1) is 5.83. The molecule has 2 nitrogen and oxygen atoms in total. The Labute approximate surface area is 97.4 Å². The van der Waals surface area contributed by atoms with Crippen molar-refractivity contribution in [1.82, 2.24) is 0 Å². The van der Waals surface area contributed by atoms with Gasteiger partial charge in [-0.15, -0.1) is 0 Å². The molecule has 0 N–H and O–H groups in total. The van der Waals surface area contributed by atoms with Crippen LogP contribution < -0.4 is 4.74 Å². The summed E-state index contributed by atoms with van der Waals surface area (Å²) in [5.41, 5.74) is 0. The number of ether oxygens (including phenoxy) is 1. The van der Waals surface area contributed by atoms with Crippen molar-refractivity contribution in [3.63, 3.8) is 0 Å². The maximum Gasteiger partial charge on any atom is 0.311 e. The van der Waals surface area contributed by atoms with Crippen LogP contribution in [0.3, 0.4) is 0 Å². The van der Waals surface area contributed by atoms with Crippen LogP contribution in [0.2, 0.25) is 0 Å². The first kappa shape index (κ1) is 12.6. The number of carbonyl (C=O) groups excluding carboxylic acids is 1. The van der Waals surface area contributed by atoms with E-state index in [4.69, 9.17) is 4.74 Å². The quantitative estimate of drug-likeness (QED) is 0.612. The third kappa shape index (κ3) is 4.99. The Balaban J connectivity index is 0.00000144. The van der Waals surface area contributed by atoms with Crippen molar-refractivity contribution in [3.8, 4) is 5.75 Å². The molecule has 13 heavy (non-hydrogen) atoms. The molecule has 1 aromatic carbocycles. The van der Waals surface area contributed by atoms with Crippen molar-refractivity contribution in [2.75, 3.05) is 0 Å². The van der Waals surface area contributed by atoms with Gasteiger partial charge in [-0.05, 0) is 18.6 Å². The molecule has 1 rings (SSSR count). The number of rotatable bonds is 3. The van der Waals surface area contributed by atoms with Gasteiger partial charge in [0, 0.05) is 32.6 Å². The molecule has 0 saturated heterocycles. The third-order valence-electron chi connectivity index (χ3n) is 1.43. The summed E-state index contributed by atoms with van der Waals surface area (Å²) in [6.07, 6.45) is 1.31. The van der Waals surface area contributed by atoms with Gasteiger partial charge in [0.25, 0.3) is 0 Å². The number of hydrogen-bond donors (Lipinski definition) is 0. The fourth-order valence-electron chi connectivity index (χ4n) is 0.875. The number of para-hydroxylation sites is 1. The second kappa shape index (κ2) is 7.02. The predicted molar refractivity (Wildman–Crippen MR) is 47.0 cm³/mol. The molecule has 0 aliphatic heterocycles. The smallest absolute Gasteiger partial charge is 0.311 e. The van der Waals surface area contributed by atoms with E-state index >= 15 is 0 Å². The van der Waals surface area contributed by atoms with Gasteiger partial charge in [-0.2, -0.15) is 0 Å². The molecule has 0 bridgehead atoms. The van der Waals surface area contributed by atoms with Crippen LogP contribution in [-0.2, 0) is 31.0 Å². The molecule has 0 aliphatic rings. The van der Waals surface area contributed by atoms with Gasteiger partial charge < -0.3 is 4.74 Å². The molecule has 0 radical (unpaired) electrons. The molecular formula is C10H12O2Zr. The Hall–Kier alpha value is -0.427. The molecule has 0 saturated carbocycles. The average Bonchev–Trinajstić information content (AvgIpc) is 2.06. The van der Waals surface area contributed by atoms with Crippen LogP contribution in [0, 0.1) is 0 Å². The Morgan fingerprint density at radius 3 is 2.46 bits per heavy atom. The largest absolute Gasteiger partial charge is 0.427 e. The molecule has 1 aromatic rings. The van der Waals surface area contributed by atoms with E-state index in [9.17, 15) is 4.79 Å². The van der Waals surface area contributed by atoms with Crippen molar-refractivity contribution in [2.24, 2.45) is 0 Å². The number of benzene rings is 1. The number of esters is 1. The second-order valence-corrected chi connectivity index (χ2v) is 2.54. The Morgan fingerprint density at radius 1 is 1.31 bits per heavy atom. The fourth-order valence-corrected chi connectivity index (χ4v) is 0.875. The maximum absolute atomic E-state index is 11.0. The van der Waals surface area contributed by atoms with Gasteiger partial charge in [-0.25, -0.2) is 0 Å². The van der Waals surface area contributed by atoms with E-state index in [-0.39, 0.29) is 32.2 Å². The van der Waals surface area contributed by atoms with E-state index in [2.05, 4.69) is 0 Å². The Morgan fingerprint density at radius 2 is 1.92 bits per heavy atom. The van der Waals surface area contributed by atoms with Gasteiger partial charge in [0.15, 0.2) is 0 Å². The minimum absolute atomic E-state index is 0. The SMILES string of the molecule is CCCC(=O)Oc1ccccc1.[Zr]. The third-order valence-corrected chi connectivity index (χ3v) is 1.43. The standard InChI is InChI=1S/C10H12O2.Zr/c1-2-6-10(11)12-9-7-4-3-5-8-9;/h3-5,7-8H,2,6H2,1H3;. The van der Waals surface area contributed by atoms with Gasteiger partial charge >= 0.3 is 5.97 Å². The first-order valence-electron chi connectivity index (χ1n) is 4.08. The van der Waals surface area contributed by atoms with Crippen molar-refractivity contribution >= 4 is 5.97 Å². The van der Waals surface area contributed by atoms with Crippen LogP contribution >= 0.6 is 0 Å². The molecule has 0 aromatic heterocycles. The molecule has 0 aliphatic carbocycles. The molecule has 3 heteroatoms. The molecule has 0 heterocycles. The first-order valence-corrected chi connectivity index (χ1v) is 4.08. The van der Waals surface area contributed by atoms with E-state index in [1.807, 2.05) is 25.1 Å². The topological polar surface area (TPSA) is 26.3 Å². The van der Waals surface area contributed by atoms with E-state index in [1.165, 1.54) is 0 Å². The minimum Gasteiger partial charge on any atom is -0.427 e. The normalized spacial score (nSPS) is 8.69. The summed E-state index contributed by atoms with van der Waals surface area (Å²) in [5, 5.41) is 0. The van der Waals surface area contributed by atoms with Crippen LogP contribution in [0.4, 0.5) is 0 Å². The number of carbonyl (C=O) groups is 1. The Bertz CT molecular complexity index is 246. The monoisotopic (exact) mass is 254 g/mol. The van der Waals surface area contributed by atoms with Crippen molar-refractivity contribution in [3.05, 3.63) is 30.3 Å². The predicted octanol–water partition coefficient (Wildman–Crippen LogP) is 2.39. The maximum atomic E-state index is 11.0. The molecule has 0 spiro atoms. The summed E-state index contributed by atoms with van der Waals surface area (Å²) in [6, 6.07) is 9.11. The summed E-state index contributed by atoms with van der Waals surface area (Å²) in [5.74, 6) is 0.458. The van der Waals surface area contributed by atoms with E-state index in [0.717, 1.165) is 6.42 Å². The van der Waals surface area contributed by atoms with E-state index in [0.29, 0.717) is 12.2 Å². The molecule has 68 valence electrons. The van der Waals surface area contributed by atoms with Gasteiger partial charge in [0.2, 0.25) is 0 Å². The summed E-state index contributed by atoms with van der Waals surface area (Å²) in [6.45, 7) is 1.95. The van der Waals surface area contributed by atoms with Crippen LogP contribution in [0.1, 0.15) is 19.8 Å². The van der Waals surface area contributed by atoms with Gasteiger partial charge in [0.1, 0.15) is 5.75 Å². The van der Waals surface area contributed by atoms with Crippen molar-refractivity contribution in [1.29, 1.82) is 0 Å². The molecule has 0 unspecified atom stereocenters.